The van der Waals surface area contributed by atoms with Gasteiger partial charge in [0.25, 0.3) is 0 Å². The molecule has 0 saturated heterocycles. The summed E-state index contributed by atoms with van der Waals surface area (Å²) in [6, 6.07) is 23.9. The fourth-order valence-corrected chi connectivity index (χ4v) is 10.8. The van der Waals surface area contributed by atoms with Gasteiger partial charge in [0.15, 0.2) is 8.32 Å². The molecule has 3 N–H and O–H groups in total. The van der Waals surface area contributed by atoms with E-state index < -0.39 is 68.0 Å². The van der Waals surface area contributed by atoms with Gasteiger partial charge >= 0.3 is 24.2 Å². The van der Waals surface area contributed by atoms with Crippen LogP contribution in [0.4, 0.5) is 14.4 Å². The number of ether oxygens (including phenoxy) is 4. The van der Waals surface area contributed by atoms with E-state index in [1.165, 1.54) is 11.7 Å². The first-order valence-corrected chi connectivity index (χ1v) is 30.3. The first-order chi connectivity index (χ1) is 36.2. The van der Waals surface area contributed by atoms with Crippen LogP contribution in [0.25, 0.3) is 10.9 Å². The van der Waals surface area contributed by atoms with Crippen LogP contribution >= 0.6 is 0 Å². The number of amides is 4. The molecule has 0 radical (unpaired) electrons. The average molecular weight is 1080 g/mol. The number of nitrogens with one attached hydrogen (secondary N) is 3. The maximum atomic E-state index is 15.6. The number of hydrogen-bond donors (Lipinski definition) is 3. The van der Waals surface area contributed by atoms with Crippen molar-refractivity contribution in [1.82, 2.24) is 25.4 Å². The second-order valence-corrected chi connectivity index (χ2v) is 28.6. The molecule has 1 fully saturated rings. The highest BCUT2D eigenvalue weighted by atomic mass is 28.4. The molecular formula is C60H87N5O11Si. The molecule has 1 aliphatic carbocycles. The summed E-state index contributed by atoms with van der Waals surface area (Å²) < 4.78 is 30.9. The zero-order valence-corrected chi connectivity index (χ0v) is 48.8. The van der Waals surface area contributed by atoms with Crippen LogP contribution < -0.4 is 16.0 Å². The number of fused-ring (bicyclic) bond motifs is 1. The Morgan fingerprint density at radius 3 is 1.97 bits per heavy atom. The number of methoxy groups -OCH3 is 1. The lowest BCUT2D eigenvalue weighted by Gasteiger charge is -2.49. The lowest BCUT2D eigenvalue weighted by Crippen LogP contribution is -2.60. The van der Waals surface area contributed by atoms with Gasteiger partial charge in [0.1, 0.15) is 29.9 Å². The topological polar surface area (TPSA) is 193 Å². The number of para-hydroxylation sites is 1. The molecule has 0 spiro atoms. The Hall–Kier alpha value is -6.20. The number of carbonyl (C=O) groups is 6. The number of rotatable bonds is 23. The quantitative estimate of drug-likeness (QED) is 0.0277. The highest BCUT2D eigenvalue weighted by molar-refractivity contribution is 6.74. The number of carbonyl (C=O) groups excluding carboxylic acids is 6. The van der Waals surface area contributed by atoms with E-state index in [1.807, 2.05) is 105 Å². The first-order valence-electron chi connectivity index (χ1n) is 27.4. The number of unbranched alkanes of at least 4 members (excludes halogenated alkanes) is 3. The average Bonchev–Trinajstić information content (AvgIpc) is 3.78. The van der Waals surface area contributed by atoms with Crippen molar-refractivity contribution in [1.29, 1.82) is 0 Å². The van der Waals surface area contributed by atoms with Crippen LogP contribution in [0.5, 0.6) is 0 Å². The predicted molar refractivity (Wildman–Crippen MR) is 302 cm³/mol. The molecule has 5 rings (SSSR count). The van der Waals surface area contributed by atoms with Crippen LogP contribution in [0.15, 0.2) is 91.1 Å². The smallest absolute Gasteiger partial charge is 0.419 e. The van der Waals surface area contributed by atoms with Gasteiger partial charge in [-0.05, 0) is 120 Å². The van der Waals surface area contributed by atoms with E-state index in [2.05, 4.69) is 49.8 Å². The molecule has 422 valence electrons. The van der Waals surface area contributed by atoms with Crippen LogP contribution in [-0.2, 0) is 57.2 Å². The third-order valence-corrected chi connectivity index (χ3v) is 18.8. The first kappa shape index (κ1) is 61.6. The van der Waals surface area contributed by atoms with E-state index in [1.54, 1.807) is 33.0 Å². The minimum atomic E-state index is -2.55. The summed E-state index contributed by atoms with van der Waals surface area (Å²) in [7, 11) is -1.27. The highest BCUT2D eigenvalue weighted by Gasteiger charge is 2.47. The molecule has 1 unspecified atom stereocenters. The Balaban J connectivity index is 1.42. The lowest BCUT2D eigenvalue weighted by molar-refractivity contribution is -0.145. The summed E-state index contributed by atoms with van der Waals surface area (Å²) in [6.45, 7) is 22.6. The number of benzene rings is 3. The van der Waals surface area contributed by atoms with E-state index >= 15 is 4.79 Å². The maximum absolute atomic E-state index is 15.6. The molecule has 0 aliphatic heterocycles. The van der Waals surface area contributed by atoms with Crippen LogP contribution in [0.1, 0.15) is 137 Å². The molecule has 1 saturated carbocycles. The Morgan fingerprint density at radius 2 is 1.34 bits per heavy atom. The van der Waals surface area contributed by atoms with Crippen molar-refractivity contribution < 1.29 is 52.1 Å². The van der Waals surface area contributed by atoms with Gasteiger partial charge in [-0.15, -0.1) is 0 Å². The molecule has 77 heavy (non-hydrogen) atoms. The van der Waals surface area contributed by atoms with Crippen LogP contribution in [-0.4, -0.2) is 109 Å². The van der Waals surface area contributed by atoms with E-state index in [-0.39, 0.29) is 48.6 Å². The lowest BCUT2D eigenvalue weighted by atomic mass is 9.79. The van der Waals surface area contributed by atoms with Crippen molar-refractivity contribution in [3.8, 4) is 0 Å². The Bertz CT molecular complexity index is 2570. The number of hydrogen-bond acceptors (Lipinski definition) is 11. The largest absolute Gasteiger partial charge is 0.467 e. The monoisotopic (exact) mass is 1080 g/mol. The molecule has 4 amide bonds. The summed E-state index contributed by atoms with van der Waals surface area (Å²) in [5, 5.41) is 9.30. The highest BCUT2D eigenvalue weighted by Crippen LogP contribution is 2.43. The Morgan fingerprint density at radius 1 is 0.714 bits per heavy atom. The minimum Gasteiger partial charge on any atom is -0.467 e. The summed E-state index contributed by atoms with van der Waals surface area (Å²) in [5.74, 6) is -1.37. The van der Waals surface area contributed by atoms with Crippen molar-refractivity contribution in [2.24, 2.45) is 5.92 Å². The van der Waals surface area contributed by atoms with Crippen molar-refractivity contribution >= 4 is 55.3 Å². The van der Waals surface area contributed by atoms with Gasteiger partial charge in [0.2, 0.25) is 11.8 Å². The maximum Gasteiger partial charge on any atom is 0.419 e. The summed E-state index contributed by atoms with van der Waals surface area (Å²) >= 11 is 0. The van der Waals surface area contributed by atoms with E-state index in [4.69, 9.17) is 23.4 Å². The standard InChI is InChI=1S/C60H87N5O11Si/c1-58(2,3)74-55(69)61-36-23-13-14-24-37-64(53(67)47(38-42-26-17-15-18-27-42)63-56(70)73-41-43-28-19-16-20-29-43)50-33-25-30-44(52(50)76-77(11,12)60(7,8)9)34-35-51(66)62-48(54(68)72-10)39-45-40-65(57(71)75-59(4,5)6)49-32-22-21-31-46(45)49/h15-22,26-29,31-32,40,44,47-48,50,52H,13-14,23-25,30,33-39,41H2,1-12H3,(H,61,69)(H,62,66)(H,63,70)/t44-,47+,48+,50-,52?/m1/s1. The second kappa shape index (κ2) is 27.9. The Labute approximate surface area is 458 Å². The Kier molecular flexibility index (Phi) is 22.3. The van der Waals surface area contributed by atoms with Crippen molar-refractivity contribution in [2.45, 2.75) is 193 Å². The molecule has 5 atom stereocenters. The molecule has 0 bridgehead atoms. The van der Waals surface area contributed by atoms with Crippen molar-refractivity contribution in [2.75, 3.05) is 20.2 Å². The summed E-state index contributed by atoms with van der Waals surface area (Å²) in [4.78, 5) is 84.5. The van der Waals surface area contributed by atoms with Gasteiger partial charge < -0.3 is 44.2 Å². The second-order valence-electron chi connectivity index (χ2n) is 23.8. The molecular weight excluding hydrogens is 995 g/mol. The van der Waals surface area contributed by atoms with Gasteiger partial charge in [-0.25, -0.2) is 19.2 Å². The summed E-state index contributed by atoms with van der Waals surface area (Å²) in [6.07, 6.45) is 5.30. The van der Waals surface area contributed by atoms with E-state index in [9.17, 15) is 24.0 Å². The molecule has 1 heterocycles. The molecule has 1 aromatic heterocycles. The summed E-state index contributed by atoms with van der Waals surface area (Å²) in [5.41, 5.74) is 1.61. The van der Waals surface area contributed by atoms with Crippen molar-refractivity contribution in [3.63, 3.8) is 0 Å². The van der Waals surface area contributed by atoms with Crippen molar-refractivity contribution in [3.05, 3.63) is 108 Å². The number of esters is 1. The fourth-order valence-electron chi connectivity index (χ4n) is 9.44. The van der Waals surface area contributed by atoms with Gasteiger partial charge in [0, 0.05) is 43.9 Å². The SMILES string of the molecule is COC(=O)[C@H](Cc1cn(C(=O)OC(C)(C)C)c2ccccc12)NC(=O)CC[C@H]1CCC[C@@H](N(CCCCCCNC(=O)OC(C)(C)C)C(=O)[C@H](Cc2ccccc2)NC(=O)OCc2ccccc2)C1O[Si](C)(C)C(C)(C)C. The zero-order chi connectivity index (χ0) is 56.6. The molecule has 1 aliphatic rings. The van der Waals surface area contributed by atoms with Crippen LogP contribution in [0.3, 0.4) is 0 Å². The van der Waals surface area contributed by atoms with Gasteiger partial charge in [-0.2, -0.15) is 0 Å². The third-order valence-electron chi connectivity index (χ3n) is 14.3. The van der Waals surface area contributed by atoms with Crippen LogP contribution in [0.2, 0.25) is 18.1 Å². The predicted octanol–water partition coefficient (Wildman–Crippen LogP) is 11.4. The van der Waals surface area contributed by atoms with Crippen LogP contribution in [0, 0.1) is 5.92 Å². The van der Waals surface area contributed by atoms with E-state index in [0.29, 0.717) is 43.4 Å². The fraction of sp³-hybridized carbons (Fsp3) is 0.567. The zero-order valence-electron chi connectivity index (χ0n) is 47.8. The normalized spacial score (nSPS) is 16.9. The van der Waals surface area contributed by atoms with E-state index in [0.717, 1.165) is 48.6 Å². The molecule has 3 aromatic carbocycles. The van der Waals surface area contributed by atoms with Gasteiger partial charge in [0.05, 0.1) is 24.8 Å². The minimum absolute atomic E-state index is 0.0324. The molecule has 17 heteroatoms. The molecule has 4 aromatic rings. The van der Waals surface area contributed by atoms with Gasteiger partial charge in [-0.3, -0.25) is 14.2 Å². The van der Waals surface area contributed by atoms with Gasteiger partial charge in [-0.1, -0.05) is 119 Å². The number of alkyl carbamates (subject to hydrolysis) is 2. The number of aromatic nitrogens is 1. The number of nitrogens with zero attached hydrogens (tertiary/aromatic N) is 2. The third kappa shape index (κ3) is 19.3. The molecule has 16 nitrogen and oxygen atoms in total.